The molecule has 2 aromatic heterocycles. The Hall–Kier alpha value is -1.46. The van der Waals surface area contributed by atoms with Crippen molar-refractivity contribution >= 4 is 37.5 Å². The second-order valence-corrected chi connectivity index (χ2v) is 5.77. The summed E-state index contributed by atoms with van der Waals surface area (Å²) >= 11 is 4.83. The van der Waals surface area contributed by atoms with E-state index in [2.05, 4.69) is 20.9 Å². The van der Waals surface area contributed by atoms with Gasteiger partial charge in [-0.15, -0.1) is 11.3 Å². The number of benzene rings is 1. The average molecular weight is 321 g/mol. The molecular formula is C13H9BrN2OS. The van der Waals surface area contributed by atoms with Gasteiger partial charge >= 0.3 is 0 Å². The Morgan fingerprint density at radius 1 is 1.22 bits per heavy atom. The molecule has 0 aliphatic carbocycles. The summed E-state index contributed by atoms with van der Waals surface area (Å²) in [7, 11) is 0. The fraction of sp³-hybridized carbons (Fsp3) is 0.0769. The number of halogens is 1. The number of fused-ring (bicyclic) bond motifs is 1. The van der Waals surface area contributed by atoms with Crippen molar-refractivity contribution in [3.05, 3.63) is 62.4 Å². The lowest BCUT2D eigenvalue weighted by Gasteiger charge is -2.05. The highest BCUT2D eigenvalue weighted by atomic mass is 79.9. The number of hydrogen-bond donors (Lipinski definition) is 0. The fourth-order valence-electron chi connectivity index (χ4n) is 1.78. The van der Waals surface area contributed by atoms with Gasteiger partial charge in [-0.2, -0.15) is 0 Å². The minimum atomic E-state index is 0.0259. The summed E-state index contributed by atoms with van der Waals surface area (Å²) in [6.45, 7) is 0.549. The number of thiophene rings is 1. The molecule has 3 aromatic rings. The molecule has 3 nitrogen and oxygen atoms in total. The van der Waals surface area contributed by atoms with E-state index in [9.17, 15) is 4.79 Å². The first-order chi connectivity index (χ1) is 8.74. The predicted octanol–water partition coefficient (Wildman–Crippen LogP) is 3.27. The van der Waals surface area contributed by atoms with Gasteiger partial charge in [0, 0.05) is 4.47 Å². The molecule has 0 bridgehead atoms. The van der Waals surface area contributed by atoms with E-state index in [0.717, 1.165) is 20.3 Å². The van der Waals surface area contributed by atoms with Crippen LogP contribution in [-0.4, -0.2) is 9.55 Å². The third-order valence-electron chi connectivity index (χ3n) is 2.70. The third kappa shape index (κ3) is 2.11. The summed E-state index contributed by atoms with van der Waals surface area (Å²) < 4.78 is 3.39. The number of hydrogen-bond acceptors (Lipinski definition) is 3. The van der Waals surface area contributed by atoms with Crippen molar-refractivity contribution in [2.45, 2.75) is 6.54 Å². The first kappa shape index (κ1) is 11.6. The van der Waals surface area contributed by atoms with Gasteiger partial charge in [0.05, 0.1) is 18.4 Å². The van der Waals surface area contributed by atoms with Crippen molar-refractivity contribution in [3.8, 4) is 0 Å². The standard InChI is InChI=1S/C13H9BrN2OS/c14-10-3-1-9(2-4-10)7-16-8-15-11-5-6-18-12(11)13(16)17/h1-6,8H,7H2. The average Bonchev–Trinajstić information content (AvgIpc) is 2.84. The molecule has 0 saturated heterocycles. The summed E-state index contributed by atoms with van der Waals surface area (Å²) in [5.74, 6) is 0. The topological polar surface area (TPSA) is 34.9 Å². The van der Waals surface area contributed by atoms with Gasteiger partial charge < -0.3 is 0 Å². The van der Waals surface area contributed by atoms with Crippen molar-refractivity contribution in [3.63, 3.8) is 0 Å². The van der Waals surface area contributed by atoms with E-state index in [-0.39, 0.29) is 5.56 Å². The second-order valence-electron chi connectivity index (χ2n) is 3.94. The van der Waals surface area contributed by atoms with Crippen molar-refractivity contribution < 1.29 is 0 Å². The lowest BCUT2D eigenvalue weighted by Crippen LogP contribution is -2.20. The molecule has 0 spiro atoms. The molecule has 0 N–H and O–H groups in total. The summed E-state index contributed by atoms with van der Waals surface area (Å²) in [6.07, 6.45) is 1.61. The Balaban J connectivity index is 2.02. The van der Waals surface area contributed by atoms with E-state index in [1.807, 2.05) is 35.7 Å². The molecule has 0 aliphatic heterocycles. The van der Waals surface area contributed by atoms with Gasteiger partial charge in [-0.3, -0.25) is 9.36 Å². The minimum absolute atomic E-state index is 0.0259. The van der Waals surface area contributed by atoms with Crippen LogP contribution in [0.3, 0.4) is 0 Å². The fourth-order valence-corrected chi connectivity index (χ4v) is 2.84. The number of nitrogens with zero attached hydrogens (tertiary/aromatic N) is 2. The largest absolute Gasteiger partial charge is 0.294 e. The van der Waals surface area contributed by atoms with E-state index in [0.29, 0.717) is 6.54 Å². The van der Waals surface area contributed by atoms with Crippen molar-refractivity contribution in [1.82, 2.24) is 9.55 Å². The van der Waals surface area contributed by atoms with E-state index in [1.165, 1.54) is 11.3 Å². The normalized spacial score (nSPS) is 10.9. The van der Waals surface area contributed by atoms with Gasteiger partial charge in [0.1, 0.15) is 4.70 Å². The Kier molecular flexibility index (Phi) is 3.01. The molecule has 0 unspecified atom stereocenters. The molecular weight excluding hydrogens is 312 g/mol. The highest BCUT2D eigenvalue weighted by Crippen LogP contribution is 2.14. The van der Waals surface area contributed by atoms with Crippen LogP contribution in [0.2, 0.25) is 0 Å². The van der Waals surface area contributed by atoms with E-state index >= 15 is 0 Å². The van der Waals surface area contributed by atoms with Gasteiger partial charge in [0.2, 0.25) is 0 Å². The van der Waals surface area contributed by atoms with Crippen molar-refractivity contribution in [2.75, 3.05) is 0 Å². The molecule has 0 atom stereocenters. The second kappa shape index (κ2) is 4.66. The highest BCUT2D eigenvalue weighted by Gasteiger charge is 2.05. The Morgan fingerprint density at radius 2 is 2.00 bits per heavy atom. The summed E-state index contributed by atoms with van der Waals surface area (Å²) in [5, 5.41) is 1.89. The molecule has 1 aromatic carbocycles. The number of aromatic nitrogens is 2. The summed E-state index contributed by atoms with van der Waals surface area (Å²) in [4.78, 5) is 16.5. The first-order valence-corrected chi connectivity index (χ1v) is 7.08. The van der Waals surface area contributed by atoms with Gasteiger partial charge in [0.15, 0.2) is 0 Å². The molecule has 90 valence electrons. The molecule has 0 radical (unpaired) electrons. The van der Waals surface area contributed by atoms with Crippen LogP contribution in [0, 0.1) is 0 Å². The van der Waals surface area contributed by atoms with Crippen LogP contribution in [0.1, 0.15) is 5.56 Å². The van der Waals surface area contributed by atoms with Gasteiger partial charge in [0.25, 0.3) is 5.56 Å². The summed E-state index contributed by atoms with van der Waals surface area (Å²) in [6, 6.07) is 9.80. The smallest absolute Gasteiger partial charge is 0.271 e. The molecule has 5 heteroatoms. The highest BCUT2D eigenvalue weighted by molar-refractivity contribution is 9.10. The lowest BCUT2D eigenvalue weighted by atomic mass is 10.2. The molecule has 0 amide bonds. The van der Waals surface area contributed by atoms with Crippen molar-refractivity contribution in [1.29, 1.82) is 0 Å². The monoisotopic (exact) mass is 320 g/mol. The predicted molar refractivity (Wildman–Crippen MR) is 77.1 cm³/mol. The lowest BCUT2D eigenvalue weighted by molar-refractivity contribution is 0.750. The van der Waals surface area contributed by atoms with Crippen LogP contribution in [0.4, 0.5) is 0 Å². The zero-order chi connectivity index (χ0) is 12.5. The molecule has 2 heterocycles. The van der Waals surface area contributed by atoms with E-state index in [1.54, 1.807) is 10.9 Å². The maximum absolute atomic E-state index is 12.2. The minimum Gasteiger partial charge on any atom is -0.294 e. The van der Waals surface area contributed by atoms with E-state index < -0.39 is 0 Å². The van der Waals surface area contributed by atoms with Crippen LogP contribution >= 0.6 is 27.3 Å². The van der Waals surface area contributed by atoms with Crippen LogP contribution in [0.5, 0.6) is 0 Å². The Bertz CT molecular complexity index is 746. The maximum Gasteiger partial charge on any atom is 0.271 e. The SMILES string of the molecule is O=c1c2sccc2ncn1Cc1ccc(Br)cc1. The third-order valence-corrected chi connectivity index (χ3v) is 4.12. The molecule has 0 fully saturated rings. The quantitative estimate of drug-likeness (QED) is 0.726. The van der Waals surface area contributed by atoms with Crippen LogP contribution in [0.25, 0.3) is 10.2 Å². The first-order valence-electron chi connectivity index (χ1n) is 5.41. The van der Waals surface area contributed by atoms with Gasteiger partial charge in [-0.1, -0.05) is 28.1 Å². The Morgan fingerprint density at radius 3 is 2.78 bits per heavy atom. The molecule has 0 saturated carbocycles. The molecule has 18 heavy (non-hydrogen) atoms. The number of rotatable bonds is 2. The molecule has 3 rings (SSSR count). The van der Waals surface area contributed by atoms with Crippen LogP contribution in [0.15, 0.2) is 51.3 Å². The van der Waals surface area contributed by atoms with E-state index in [4.69, 9.17) is 0 Å². The molecule has 0 aliphatic rings. The van der Waals surface area contributed by atoms with Gasteiger partial charge in [-0.25, -0.2) is 4.98 Å². The maximum atomic E-state index is 12.2. The summed E-state index contributed by atoms with van der Waals surface area (Å²) in [5.41, 5.74) is 1.88. The van der Waals surface area contributed by atoms with Crippen LogP contribution in [-0.2, 0) is 6.54 Å². The zero-order valence-electron chi connectivity index (χ0n) is 9.34. The van der Waals surface area contributed by atoms with Crippen LogP contribution < -0.4 is 5.56 Å². The zero-order valence-corrected chi connectivity index (χ0v) is 11.7. The Labute approximate surface area is 116 Å². The van der Waals surface area contributed by atoms with Gasteiger partial charge in [-0.05, 0) is 29.1 Å². The van der Waals surface area contributed by atoms with Crippen molar-refractivity contribution in [2.24, 2.45) is 0 Å².